The fraction of sp³-hybridized carbons (Fsp3) is 0.500. The first kappa shape index (κ1) is 12.4. The molecule has 0 aromatic carbocycles. The molecule has 1 heterocycles. The van der Waals surface area contributed by atoms with Crippen molar-refractivity contribution >= 4 is 5.91 Å². The van der Waals surface area contributed by atoms with Crippen LogP contribution in [0.1, 0.15) is 12.6 Å². The van der Waals surface area contributed by atoms with E-state index in [0.29, 0.717) is 18.8 Å². The fourth-order valence-electron chi connectivity index (χ4n) is 1.26. The second-order valence-electron chi connectivity index (χ2n) is 3.82. The standard InChI is InChI=1S/C10H17N5O/c1-8(2)5-14(3)10(16)7-15-6-9(4-11)12-13-15/h6H,1,4-5,7,11H2,2-3H3. The number of nitrogens with two attached hydrogens (primary N) is 1. The van der Waals surface area contributed by atoms with E-state index in [4.69, 9.17) is 5.73 Å². The van der Waals surface area contributed by atoms with Gasteiger partial charge in [-0.2, -0.15) is 0 Å². The second kappa shape index (κ2) is 5.41. The molecular formula is C10H17N5O. The average Bonchev–Trinajstić information content (AvgIpc) is 2.64. The molecule has 0 aliphatic rings. The minimum atomic E-state index is -0.0310. The molecule has 2 N–H and O–H groups in total. The van der Waals surface area contributed by atoms with Gasteiger partial charge in [-0.15, -0.1) is 5.10 Å². The Morgan fingerprint density at radius 2 is 2.38 bits per heavy atom. The van der Waals surface area contributed by atoms with Crippen LogP contribution in [0.5, 0.6) is 0 Å². The molecule has 0 bridgehead atoms. The Labute approximate surface area is 94.7 Å². The highest BCUT2D eigenvalue weighted by molar-refractivity contribution is 5.75. The normalized spacial score (nSPS) is 10.2. The molecule has 0 unspecified atom stereocenters. The summed E-state index contributed by atoms with van der Waals surface area (Å²) in [5.41, 5.74) is 7.01. The van der Waals surface area contributed by atoms with Crippen LogP contribution in [-0.4, -0.2) is 39.4 Å². The fourth-order valence-corrected chi connectivity index (χ4v) is 1.26. The minimum Gasteiger partial charge on any atom is -0.340 e. The summed E-state index contributed by atoms with van der Waals surface area (Å²) < 4.78 is 1.49. The Kier molecular flexibility index (Phi) is 4.19. The van der Waals surface area contributed by atoms with Crippen LogP contribution in [0.15, 0.2) is 18.3 Å². The van der Waals surface area contributed by atoms with Crippen LogP contribution >= 0.6 is 0 Å². The summed E-state index contributed by atoms with van der Waals surface area (Å²) in [6.07, 6.45) is 1.67. The molecule has 0 aliphatic carbocycles. The maximum Gasteiger partial charge on any atom is 0.244 e. The van der Waals surface area contributed by atoms with E-state index in [1.54, 1.807) is 18.1 Å². The van der Waals surface area contributed by atoms with Gasteiger partial charge in [0.25, 0.3) is 0 Å². The first-order valence-corrected chi connectivity index (χ1v) is 5.00. The van der Waals surface area contributed by atoms with Gasteiger partial charge in [0, 0.05) is 20.1 Å². The van der Waals surface area contributed by atoms with Gasteiger partial charge in [0.05, 0.1) is 11.9 Å². The number of likely N-dealkylation sites (N-methyl/N-ethyl adjacent to an activating group) is 1. The minimum absolute atomic E-state index is 0.0310. The first-order chi connectivity index (χ1) is 7.52. The van der Waals surface area contributed by atoms with Crippen LogP contribution in [0.4, 0.5) is 0 Å². The zero-order valence-electron chi connectivity index (χ0n) is 9.68. The average molecular weight is 223 g/mol. The zero-order valence-corrected chi connectivity index (χ0v) is 9.68. The van der Waals surface area contributed by atoms with Gasteiger partial charge >= 0.3 is 0 Å². The molecule has 6 heteroatoms. The summed E-state index contributed by atoms with van der Waals surface area (Å²) in [6, 6.07) is 0. The highest BCUT2D eigenvalue weighted by Crippen LogP contribution is 1.97. The molecule has 6 nitrogen and oxygen atoms in total. The van der Waals surface area contributed by atoms with Gasteiger partial charge < -0.3 is 10.6 Å². The monoisotopic (exact) mass is 223 g/mol. The second-order valence-corrected chi connectivity index (χ2v) is 3.82. The largest absolute Gasteiger partial charge is 0.340 e. The van der Waals surface area contributed by atoms with E-state index in [2.05, 4.69) is 16.9 Å². The van der Waals surface area contributed by atoms with Gasteiger partial charge in [-0.1, -0.05) is 17.4 Å². The van der Waals surface area contributed by atoms with Crippen molar-refractivity contribution in [3.63, 3.8) is 0 Å². The van der Waals surface area contributed by atoms with E-state index < -0.39 is 0 Å². The zero-order chi connectivity index (χ0) is 12.1. The third kappa shape index (κ3) is 3.47. The summed E-state index contributed by atoms with van der Waals surface area (Å²) in [5, 5.41) is 7.61. The van der Waals surface area contributed by atoms with Gasteiger partial charge in [-0.25, -0.2) is 4.68 Å². The van der Waals surface area contributed by atoms with Crippen molar-refractivity contribution in [2.45, 2.75) is 20.0 Å². The molecule has 0 aliphatic heterocycles. The molecule has 0 saturated carbocycles. The molecule has 0 atom stereocenters. The van der Waals surface area contributed by atoms with Crippen LogP contribution in [0, 0.1) is 0 Å². The summed E-state index contributed by atoms with van der Waals surface area (Å²) in [5.74, 6) is -0.0310. The highest BCUT2D eigenvalue weighted by atomic mass is 16.2. The molecule has 1 amide bonds. The lowest BCUT2D eigenvalue weighted by atomic mass is 10.3. The number of amides is 1. The Balaban J connectivity index is 2.53. The maximum absolute atomic E-state index is 11.7. The summed E-state index contributed by atoms with van der Waals surface area (Å²) >= 11 is 0. The molecule has 0 fully saturated rings. The van der Waals surface area contributed by atoms with Crippen LogP contribution in [0.3, 0.4) is 0 Å². The van der Waals surface area contributed by atoms with Gasteiger partial charge in [-0.05, 0) is 6.92 Å². The Morgan fingerprint density at radius 3 is 2.88 bits per heavy atom. The molecule has 1 rings (SSSR count). The predicted octanol–water partition coefficient (Wildman–Crippen LogP) is -0.229. The molecule has 0 spiro atoms. The number of rotatable bonds is 5. The van der Waals surface area contributed by atoms with Crippen LogP contribution < -0.4 is 5.73 Å². The summed E-state index contributed by atoms with van der Waals surface area (Å²) in [6.45, 7) is 6.70. The smallest absolute Gasteiger partial charge is 0.244 e. The number of aromatic nitrogens is 3. The van der Waals surface area contributed by atoms with Crippen molar-refractivity contribution in [2.24, 2.45) is 5.73 Å². The van der Waals surface area contributed by atoms with Gasteiger partial charge in [0.2, 0.25) is 5.91 Å². The van der Waals surface area contributed by atoms with Crippen molar-refractivity contribution in [1.29, 1.82) is 0 Å². The van der Waals surface area contributed by atoms with Gasteiger partial charge in [-0.3, -0.25) is 4.79 Å². The number of carbonyl (C=O) groups is 1. The van der Waals surface area contributed by atoms with Crippen LogP contribution in [0.2, 0.25) is 0 Å². The lowest BCUT2D eigenvalue weighted by Gasteiger charge is -2.16. The Hall–Kier alpha value is -1.69. The Bertz CT molecular complexity index is 384. The van der Waals surface area contributed by atoms with E-state index in [9.17, 15) is 4.79 Å². The van der Waals surface area contributed by atoms with Crippen LogP contribution in [0.25, 0.3) is 0 Å². The molecule has 1 aromatic rings. The number of hydrogen-bond donors (Lipinski definition) is 1. The lowest BCUT2D eigenvalue weighted by molar-refractivity contribution is -0.130. The third-order valence-corrected chi connectivity index (χ3v) is 2.03. The molecule has 88 valence electrons. The van der Waals surface area contributed by atoms with Crippen molar-refractivity contribution in [3.05, 3.63) is 24.0 Å². The highest BCUT2D eigenvalue weighted by Gasteiger charge is 2.10. The quantitative estimate of drug-likeness (QED) is 0.700. The molecule has 0 radical (unpaired) electrons. The van der Waals surface area contributed by atoms with E-state index in [1.807, 2.05) is 6.92 Å². The molecule has 1 aromatic heterocycles. The lowest BCUT2D eigenvalue weighted by Crippen LogP contribution is -2.31. The van der Waals surface area contributed by atoms with E-state index in [-0.39, 0.29) is 12.5 Å². The molecular weight excluding hydrogens is 206 g/mol. The Morgan fingerprint density at radius 1 is 1.69 bits per heavy atom. The topological polar surface area (TPSA) is 77.0 Å². The molecule has 16 heavy (non-hydrogen) atoms. The number of carbonyl (C=O) groups excluding carboxylic acids is 1. The van der Waals surface area contributed by atoms with Gasteiger partial charge in [0.15, 0.2) is 0 Å². The van der Waals surface area contributed by atoms with E-state index in [0.717, 1.165) is 5.57 Å². The van der Waals surface area contributed by atoms with E-state index in [1.165, 1.54) is 4.68 Å². The van der Waals surface area contributed by atoms with Crippen molar-refractivity contribution in [3.8, 4) is 0 Å². The van der Waals surface area contributed by atoms with Crippen molar-refractivity contribution in [2.75, 3.05) is 13.6 Å². The van der Waals surface area contributed by atoms with Crippen LogP contribution in [-0.2, 0) is 17.9 Å². The van der Waals surface area contributed by atoms with Gasteiger partial charge in [0.1, 0.15) is 6.54 Å². The number of hydrogen-bond acceptors (Lipinski definition) is 4. The van der Waals surface area contributed by atoms with E-state index >= 15 is 0 Å². The number of nitrogens with zero attached hydrogens (tertiary/aromatic N) is 4. The SMILES string of the molecule is C=C(C)CN(C)C(=O)Cn1cc(CN)nn1. The molecule has 0 saturated heterocycles. The predicted molar refractivity (Wildman–Crippen MR) is 60.4 cm³/mol. The van der Waals surface area contributed by atoms with Crippen molar-refractivity contribution in [1.82, 2.24) is 19.9 Å². The first-order valence-electron chi connectivity index (χ1n) is 5.00. The maximum atomic E-state index is 11.7. The summed E-state index contributed by atoms with van der Waals surface area (Å²) in [4.78, 5) is 13.3. The third-order valence-electron chi connectivity index (χ3n) is 2.03. The summed E-state index contributed by atoms with van der Waals surface area (Å²) in [7, 11) is 1.73. The van der Waals surface area contributed by atoms with Crippen molar-refractivity contribution < 1.29 is 4.79 Å².